The molecule has 0 aliphatic heterocycles. The van der Waals surface area contributed by atoms with Gasteiger partial charge in [0.1, 0.15) is 5.01 Å². The fourth-order valence-electron chi connectivity index (χ4n) is 2.11. The van der Waals surface area contributed by atoms with Crippen LogP contribution < -0.4 is 5.73 Å². The number of rotatable bonds is 4. The second-order valence-electron chi connectivity index (χ2n) is 4.77. The van der Waals surface area contributed by atoms with E-state index in [4.69, 9.17) is 5.73 Å². The molecule has 0 bridgehead atoms. The van der Waals surface area contributed by atoms with Gasteiger partial charge in [-0.05, 0) is 5.56 Å². The van der Waals surface area contributed by atoms with E-state index in [1.807, 2.05) is 37.6 Å². The van der Waals surface area contributed by atoms with Gasteiger partial charge in [-0.1, -0.05) is 30.3 Å². The van der Waals surface area contributed by atoms with Gasteiger partial charge in [0.05, 0.1) is 11.9 Å². The van der Waals surface area contributed by atoms with Crippen molar-refractivity contribution in [2.75, 3.05) is 0 Å². The minimum atomic E-state index is -0.0138. The molecule has 0 aliphatic rings. The maximum atomic E-state index is 6.23. The second-order valence-corrected chi connectivity index (χ2v) is 5.63. The van der Waals surface area contributed by atoms with Crippen molar-refractivity contribution in [1.82, 2.24) is 14.8 Å². The number of nitrogens with zero attached hydrogens (tertiary/aromatic N) is 3. The predicted molar refractivity (Wildman–Crippen MR) is 81.4 cm³/mol. The SMILES string of the molecule is Cn1cc(-c2nc(CC(N)c3ccccc3)cs2)cn1. The zero-order valence-electron chi connectivity index (χ0n) is 11.2. The molecule has 5 heteroatoms. The molecular formula is C15H16N4S. The van der Waals surface area contributed by atoms with Crippen LogP contribution in [-0.2, 0) is 13.5 Å². The molecule has 4 nitrogen and oxygen atoms in total. The monoisotopic (exact) mass is 284 g/mol. The molecule has 0 radical (unpaired) electrons. The van der Waals surface area contributed by atoms with Crippen LogP contribution in [-0.4, -0.2) is 14.8 Å². The van der Waals surface area contributed by atoms with E-state index in [1.54, 1.807) is 16.0 Å². The van der Waals surface area contributed by atoms with Gasteiger partial charge in [-0.2, -0.15) is 5.10 Å². The van der Waals surface area contributed by atoms with E-state index < -0.39 is 0 Å². The number of benzene rings is 1. The van der Waals surface area contributed by atoms with E-state index in [0.717, 1.165) is 28.2 Å². The van der Waals surface area contributed by atoms with E-state index >= 15 is 0 Å². The molecule has 0 saturated carbocycles. The minimum Gasteiger partial charge on any atom is -0.324 e. The van der Waals surface area contributed by atoms with Gasteiger partial charge in [-0.25, -0.2) is 4.98 Å². The molecule has 20 heavy (non-hydrogen) atoms. The van der Waals surface area contributed by atoms with Crippen LogP contribution in [0.25, 0.3) is 10.6 Å². The van der Waals surface area contributed by atoms with E-state index in [0.29, 0.717) is 0 Å². The summed E-state index contributed by atoms with van der Waals surface area (Å²) in [6.07, 6.45) is 4.56. The standard InChI is InChI=1S/C15H16N4S/c1-19-9-12(8-17-19)15-18-13(10-20-15)7-14(16)11-5-3-2-4-6-11/h2-6,8-10,14H,7,16H2,1H3. The molecule has 1 unspecified atom stereocenters. The molecule has 0 spiro atoms. The van der Waals surface area contributed by atoms with E-state index in [2.05, 4.69) is 27.6 Å². The first-order chi connectivity index (χ1) is 9.72. The lowest BCUT2D eigenvalue weighted by Gasteiger charge is -2.09. The molecule has 2 aromatic heterocycles. The number of hydrogen-bond acceptors (Lipinski definition) is 4. The summed E-state index contributed by atoms with van der Waals surface area (Å²) >= 11 is 1.63. The van der Waals surface area contributed by atoms with Crippen LogP contribution in [0.2, 0.25) is 0 Å². The molecule has 0 saturated heterocycles. The number of aryl methyl sites for hydroxylation is 1. The Morgan fingerprint density at radius 1 is 1.30 bits per heavy atom. The van der Waals surface area contributed by atoms with Gasteiger partial charge in [0.25, 0.3) is 0 Å². The molecule has 2 heterocycles. The number of nitrogens with two attached hydrogens (primary N) is 1. The lowest BCUT2D eigenvalue weighted by atomic mass is 10.0. The molecule has 102 valence electrons. The first kappa shape index (κ1) is 13.0. The Morgan fingerprint density at radius 3 is 2.80 bits per heavy atom. The summed E-state index contributed by atoms with van der Waals surface area (Å²) < 4.78 is 1.78. The van der Waals surface area contributed by atoms with Crippen LogP contribution in [0, 0.1) is 0 Å². The lowest BCUT2D eigenvalue weighted by Crippen LogP contribution is -2.13. The van der Waals surface area contributed by atoms with Crippen LogP contribution in [0.4, 0.5) is 0 Å². The van der Waals surface area contributed by atoms with Crippen molar-refractivity contribution < 1.29 is 0 Å². The summed E-state index contributed by atoms with van der Waals surface area (Å²) in [5.41, 5.74) is 9.45. The topological polar surface area (TPSA) is 56.7 Å². The van der Waals surface area contributed by atoms with Gasteiger partial charge in [0, 0.05) is 36.7 Å². The quantitative estimate of drug-likeness (QED) is 0.801. The Hall–Kier alpha value is -1.98. The van der Waals surface area contributed by atoms with Gasteiger partial charge >= 0.3 is 0 Å². The van der Waals surface area contributed by atoms with Crippen molar-refractivity contribution in [2.45, 2.75) is 12.5 Å². The van der Waals surface area contributed by atoms with Crippen molar-refractivity contribution in [3.05, 3.63) is 59.4 Å². The first-order valence-electron chi connectivity index (χ1n) is 6.46. The molecular weight excluding hydrogens is 268 g/mol. The van der Waals surface area contributed by atoms with E-state index in [1.165, 1.54) is 0 Å². The highest BCUT2D eigenvalue weighted by Gasteiger charge is 2.11. The first-order valence-corrected chi connectivity index (χ1v) is 7.34. The third kappa shape index (κ3) is 2.79. The average molecular weight is 284 g/mol. The second kappa shape index (κ2) is 5.56. The van der Waals surface area contributed by atoms with Gasteiger partial charge < -0.3 is 5.73 Å². The van der Waals surface area contributed by atoms with Crippen molar-refractivity contribution in [3.8, 4) is 10.6 Å². The van der Waals surface area contributed by atoms with Gasteiger partial charge in [0.2, 0.25) is 0 Å². The van der Waals surface area contributed by atoms with E-state index in [9.17, 15) is 0 Å². The van der Waals surface area contributed by atoms with Crippen molar-refractivity contribution in [3.63, 3.8) is 0 Å². The highest BCUT2D eigenvalue weighted by molar-refractivity contribution is 7.13. The molecule has 1 aromatic carbocycles. The lowest BCUT2D eigenvalue weighted by molar-refractivity contribution is 0.710. The maximum Gasteiger partial charge on any atom is 0.126 e. The van der Waals surface area contributed by atoms with Gasteiger partial charge in [0.15, 0.2) is 0 Å². The summed E-state index contributed by atoms with van der Waals surface area (Å²) in [4.78, 5) is 4.64. The van der Waals surface area contributed by atoms with Crippen molar-refractivity contribution in [1.29, 1.82) is 0 Å². The summed E-state index contributed by atoms with van der Waals surface area (Å²) in [7, 11) is 1.91. The fraction of sp³-hybridized carbons (Fsp3) is 0.200. The van der Waals surface area contributed by atoms with Crippen LogP contribution >= 0.6 is 11.3 Å². The summed E-state index contributed by atoms with van der Waals surface area (Å²) in [5, 5.41) is 7.24. The summed E-state index contributed by atoms with van der Waals surface area (Å²) in [5.74, 6) is 0. The highest BCUT2D eigenvalue weighted by atomic mass is 32.1. The molecule has 0 fully saturated rings. The molecule has 0 aliphatic carbocycles. The van der Waals surface area contributed by atoms with Crippen LogP contribution in [0.1, 0.15) is 17.3 Å². The van der Waals surface area contributed by atoms with Crippen LogP contribution in [0.5, 0.6) is 0 Å². The Bertz CT molecular complexity index is 687. The Balaban J connectivity index is 1.74. The Labute approximate surface area is 121 Å². The van der Waals surface area contributed by atoms with Crippen molar-refractivity contribution >= 4 is 11.3 Å². The van der Waals surface area contributed by atoms with Crippen molar-refractivity contribution in [2.24, 2.45) is 12.8 Å². The maximum absolute atomic E-state index is 6.23. The number of aromatic nitrogens is 3. The number of thiazole rings is 1. The van der Waals surface area contributed by atoms with Gasteiger partial charge in [-0.15, -0.1) is 11.3 Å². The molecule has 0 amide bonds. The number of hydrogen-bond donors (Lipinski definition) is 1. The third-order valence-electron chi connectivity index (χ3n) is 3.16. The third-order valence-corrected chi connectivity index (χ3v) is 4.10. The van der Waals surface area contributed by atoms with E-state index in [-0.39, 0.29) is 6.04 Å². The summed E-state index contributed by atoms with van der Waals surface area (Å²) in [6.45, 7) is 0. The summed E-state index contributed by atoms with van der Waals surface area (Å²) in [6, 6.07) is 10.1. The van der Waals surface area contributed by atoms with Crippen LogP contribution in [0.3, 0.4) is 0 Å². The van der Waals surface area contributed by atoms with Crippen LogP contribution in [0.15, 0.2) is 48.1 Å². The Morgan fingerprint density at radius 2 is 2.10 bits per heavy atom. The molecule has 1 atom stereocenters. The smallest absolute Gasteiger partial charge is 0.126 e. The highest BCUT2D eigenvalue weighted by Crippen LogP contribution is 2.25. The zero-order valence-corrected chi connectivity index (χ0v) is 12.0. The van der Waals surface area contributed by atoms with Gasteiger partial charge in [-0.3, -0.25) is 4.68 Å². The zero-order chi connectivity index (χ0) is 13.9. The largest absolute Gasteiger partial charge is 0.324 e. The molecule has 3 rings (SSSR count). The predicted octanol–water partition coefficient (Wildman–Crippen LogP) is 2.79. The minimum absolute atomic E-state index is 0.0138. The fourth-order valence-corrected chi connectivity index (χ4v) is 2.92. The normalized spacial score (nSPS) is 12.5. The average Bonchev–Trinajstić information content (AvgIpc) is 3.09. The molecule has 2 N–H and O–H groups in total. The Kier molecular flexibility index (Phi) is 3.62. The molecule has 3 aromatic rings.